The molecule has 1 saturated heterocycles. The first kappa shape index (κ1) is 7.38. The molecule has 1 aliphatic heterocycles. The molecule has 0 amide bonds. The van der Waals surface area contributed by atoms with E-state index >= 15 is 0 Å². The van der Waals surface area contributed by atoms with Gasteiger partial charge in [0.15, 0.2) is 0 Å². The van der Waals surface area contributed by atoms with Crippen LogP contribution < -0.4 is 0 Å². The molecule has 0 aromatic carbocycles. The van der Waals surface area contributed by atoms with Gasteiger partial charge in [-0.15, -0.1) is 11.8 Å². The molecule has 0 saturated carbocycles. The summed E-state index contributed by atoms with van der Waals surface area (Å²) < 4.78 is 10.4. The van der Waals surface area contributed by atoms with E-state index in [1.165, 1.54) is 0 Å². The smallest absolute Gasteiger partial charge is 0.127 e. The van der Waals surface area contributed by atoms with E-state index in [1.807, 2.05) is 11.8 Å². The summed E-state index contributed by atoms with van der Waals surface area (Å²) in [4.78, 5) is 0. The first-order chi connectivity index (χ1) is 4.33. The zero-order chi connectivity index (χ0) is 6.69. The van der Waals surface area contributed by atoms with Gasteiger partial charge in [-0.1, -0.05) is 0 Å². The van der Waals surface area contributed by atoms with Crippen LogP contribution in [-0.4, -0.2) is 31.0 Å². The van der Waals surface area contributed by atoms with Gasteiger partial charge in [-0.2, -0.15) is 0 Å². The largest absolute Gasteiger partial charge is 0.381 e. The van der Waals surface area contributed by atoms with E-state index in [2.05, 4.69) is 6.92 Å². The van der Waals surface area contributed by atoms with E-state index in [4.69, 9.17) is 9.47 Å². The molecule has 0 bridgehead atoms. The minimum atomic E-state index is 0.282. The van der Waals surface area contributed by atoms with Crippen LogP contribution in [0.4, 0.5) is 0 Å². The molecule has 1 rings (SSSR count). The topological polar surface area (TPSA) is 18.5 Å². The van der Waals surface area contributed by atoms with Gasteiger partial charge >= 0.3 is 0 Å². The summed E-state index contributed by atoms with van der Waals surface area (Å²) in [6.45, 7) is 2.80. The number of ether oxygens (including phenoxy) is 2. The van der Waals surface area contributed by atoms with Crippen molar-refractivity contribution >= 4 is 11.8 Å². The van der Waals surface area contributed by atoms with Crippen LogP contribution in [0, 0.1) is 0 Å². The van der Waals surface area contributed by atoms with Crippen LogP contribution in [0.5, 0.6) is 0 Å². The molecule has 0 N–H and O–H groups in total. The van der Waals surface area contributed by atoms with E-state index in [9.17, 15) is 0 Å². The molecule has 2 atom stereocenters. The first-order valence-electron chi connectivity index (χ1n) is 3.09. The summed E-state index contributed by atoms with van der Waals surface area (Å²) in [7, 11) is 1.70. The van der Waals surface area contributed by atoms with Crippen LogP contribution in [0.3, 0.4) is 0 Å². The quantitative estimate of drug-likeness (QED) is 0.584. The van der Waals surface area contributed by atoms with Crippen molar-refractivity contribution in [1.29, 1.82) is 0 Å². The third-order valence-corrected chi connectivity index (χ3v) is 2.48. The fourth-order valence-corrected chi connectivity index (χ4v) is 1.87. The summed E-state index contributed by atoms with van der Waals surface area (Å²) in [5, 5.41) is 0. The number of hydrogen-bond donors (Lipinski definition) is 0. The second-order valence-corrected chi connectivity index (χ2v) is 3.36. The van der Waals surface area contributed by atoms with Crippen molar-refractivity contribution < 1.29 is 9.47 Å². The Kier molecular flexibility index (Phi) is 2.82. The first-order valence-corrected chi connectivity index (χ1v) is 4.14. The van der Waals surface area contributed by atoms with Gasteiger partial charge in [-0.3, -0.25) is 0 Å². The van der Waals surface area contributed by atoms with Crippen LogP contribution in [0.1, 0.15) is 6.92 Å². The maximum atomic E-state index is 5.44. The van der Waals surface area contributed by atoms with Gasteiger partial charge in [-0.25, -0.2) is 0 Å². The second-order valence-electron chi connectivity index (χ2n) is 2.16. The van der Waals surface area contributed by atoms with Crippen molar-refractivity contribution in [3.8, 4) is 0 Å². The third-order valence-electron chi connectivity index (χ3n) is 1.20. The van der Waals surface area contributed by atoms with E-state index in [0.717, 1.165) is 12.4 Å². The van der Waals surface area contributed by atoms with Crippen molar-refractivity contribution in [2.24, 2.45) is 0 Å². The molecule has 1 fully saturated rings. The Morgan fingerprint density at radius 3 is 3.00 bits per heavy atom. The normalized spacial score (nSPS) is 35.3. The Balaban J connectivity index is 2.14. The Morgan fingerprint density at radius 2 is 2.56 bits per heavy atom. The van der Waals surface area contributed by atoms with Gasteiger partial charge in [0.05, 0.1) is 12.7 Å². The average molecular weight is 148 g/mol. The molecule has 54 valence electrons. The van der Waals surface area contributed by atoms with E-state index in [0.29, 0.717) is 6.10 Å². The predicted octanol–water partition coefficient (Wildman–Crippen LogP) is 1.11. The minimum absolute atomic E-state index is 0.282. The molecule has 0 aliphatic carbocycles. The van der Waals surface area contributed by atoms with E-state index < -0.39 is 0 Å². The lowest BCUT2D eigenvalue weighted by Crippen LogP contribution is -2.12. The standard InChI is InChI=1S/C6H12O2S/c1-5-4-9-6(8-5)3-7-2/h5-6H,3-4H2,1-2H3. The zero-order valence-corrected chi connectivity index (χ0v) is 6.61. The Labute approximate surface area is 59.9 Å². The molecule has 1 aliphatic rings. The van der Waals surface area contributed by atoms with Crippen molar-refractivity contribution in [2.45, 2.75) is 18.5 Å². The van der Waals surface area contributed by atoms with Crippen molar-refractivity contribution in [2.75, 3.05) is 19.5 Å². The fraction of sp³-hybridized carbons (Fsp3) is 1.00. The van der Waals surface area contributed by atoms with Crippen LogP contribution in [0.25, 0.3) is 0 Å². The van der Waals surface area contributed by atoms with Gasteiger partial charge in [0.1, 0.15) is 5.44 Å². The van der Waals surface area contributed by atoms with Gasteiger partial charge in [0, 0.05) is 12.9 Å². The predicted molar refractivity (Wildman–Crippen MR) is 38.7 cm³/mol. The molecule has 2 nitrogen and oxygen atoms in total. The van der Waals surface area contributed by atoms with Gasteiger partial charge in [-0.05, 0) is 6.92 Å². The number of thioether (sulfide) groups is 1. The highest BCUT2D eigenvalue weighted by molar-refractivity contribution is 8.00. The Bertz CT molecular complexity index is 85.1. The molecule has 0 radical (unpaired) electrons. The maximum absolute atomic E-state index is 5.44. The monoisotopic (exact) mass is 148 g/mol. The van der Waals surface area contributed by atoms with Crippen molar-refractivity contribution in [3.63, 3.8) is 0 Å². The minimum Gasteiger partial charge on any atom is -0.381 e. The molecule has 0 aromatic rings. The fourth-order valence-electron chi connectivity index (χ4n) is 0.804. The number of rotatable bonds is 2. The maximum Gasteiger partial charge on any atom is 0.127 e. The summed E-state index contributed by atoms with van der Waals surface area (Å²) in [5.74, 6) is 1.11. The molecular weight excluding hydrogens is 136 g/mol. The molecule has 0 spiro atoms. The lowest BCUT2D eigenvalue weighted by molar-refractivity contribution is 0.0295. The third kappa shape index (κ3) is 2.16. The Morgan fingerprint density at radius 1 is 1.78 bits per heavy atom. The molecule has 0 aromatic heterocycles. The van der Waals surface area contributed by atoms with E-state index in [1.54, 1.807) is 7.11 Å². The highest BCUT2D eigenvalue weighted by atomic mass is 32.2. The van der Waals surface area contributed by atoms with Gasteiger partial charge in [0.25, 0.3) is 0 Å². The van der Waals surface area contributed by atoms with Crippen molar-refractivity contribution in [1.82, 2.24) is 0 Å². The highest BCUT2D eigenvalue weighted by Crippen LogP contribution is 2.24. The van der Waals surface area contributed by atoms with Crippen LogP contribution >= 0.6 is 11.8 Å². The van der Waals surface area contributed by atoms with Gasteiger partial charge < -0.3 is 9.47 Å². The molecule has 9 heavy (non-hydrogen) atoms. The SMILES string of the molecule is COCC1OC(C)CS1. The van der Waals surface area contributed by atoms with Crippen molar-refractivity contribution in [3.05, 3.63) is 0 Å². The lowest BCUT2D eigenvalue weighted by atomic mass is 10.5. The Hall–Kier alpha value is 0.270. The van der Waals surface area contributed by atoms with Gasteiger partial charge in [0.2, 0.25) is 0 Å². The number of hydrogen-bond acceptors (Lipinski definition) is 3. The molecule has 1 heterocycles. The summed E-state index contributed by atoms with van der Waals surface area (Å²) in [6, 6.07) is 0. The highest BCUT2D eigenvalue weighted by Gasteiger charge is 2.21. The number of methoxy groups -OCH3 is 1. The van der Waals surface area contributed by atoms with Crippen LogP contribution in [0.2, 0.25) is 0 Å². The average Bonchev–Trinajstić information content (AvgIpc) is 2.17. The lowest BCUT2D eigenvalue weighted by Gasteiger charge is -2.06. The summed E-state index contributed by atoms with van der Waals surface area (Å²) in [6.07, 6.45) is 0.412. The molecule has 2 unspecified atom stereocenters. The van der Waals surface area contributed by atoms with Crippen LogP contribution in [0.15, 0.2) is 0 Å². The molecular formula is C6H12O2S. The van der Waals surface area contributed by atoms with E-state index in [-0.39, 0.29) is 5.44 Å². The van der Waals surface area contributed by atoms with Crippen LogP contribution in [-0.2, 0) is 9.47 Å². The summed E-state index contributed by atoms with van der Waals surface area (Å²) in [5.41, 5.74) is 0.282. The zero-order valence-electron chi connectivity index (χ0n) is 5.79. The summed E-state index contributed by atoms with van der Waals surface area (Å²) >= 11 is 1.83. The molecule has 3 heteroatoms. The second kappa shape index (κ2) is 3.44.